The maximum atomic E-state index is 12.1. The summed E-state index contributed by atoms with van der Waals surface area (Å²) >= 11 is 0. The van der Waals surface area contributed by atoms with Gasteiger partial charge in [-0.25, -0.2) is 0 Å². The Kier molecular flexibility index (Phi) is 5.74. The average molecular weight is 312 g/mol. The number of hydrogen-bond acceptors (Lipinski definition) is 3. The van der Waals surface area contributed by atoms with Crippen LogP contribution in [0, 0.1) is 27.7 Å². The van der Waals surface area contributed by atoms with Crippen molar-refractivity contribution in [2.75, 3.05) is 11.9 Å². The molecule has 0 saturated carbocycles. The number of pyridine rings is 1. The van der Waals surface area contributed by atoms with Gasteiger partial charge in [-0.05, 0) is 57.4 Å². The van der Waals surface area contributed by atoms with E-state index < -0.39 is 0 Å². The normalized spacial score (nSPS) is 10.4. The van der Waals surface area contributed by atoms with E-state index in [1.807, 2.05) is 58.0 Å². The summed E-state index contributed by atoms with van der Waals surface area (Å²) in [6, 6.07) is 9.86. The van der Waals surface area contributed by atoms with Gasteiger partial charge in [-0.15, -0.1) is 0 Å². The fraction of sp³-hybridized carbons (Fsp3) is 0.368. The van der Waals surface area contributed by atoms with Crippen LogP contribution in [0.4, 0.5) is 5.69 Å². The summed E-state index contributed by atoms with van der Waals surface area (Å²) in [4.78, 5) is 16.5. The van der Waals surface area contributed by atoms with E-state index >= 15 is 0 Å². The van der Waals surface area contributed by atoms with Crippen LogP contribution in [-0.4, -0.2) is 17.5 Å². The molecule has 0 radical (unpaired) electrons. The lowest BCUT2D eigenvalue weighted by atomic mass is 10.1. The Morgan fingerprint density at radius 2 is 1.87 bits per heavy atom. The minimum Gasteiger partial charge on any atom is -0.493 e. The van der Waals surface area contributed by atoms with Crippen molar-refractivity contribution in [3.63, 3.8) is 0 Å². The Morgan fingerprint density at radius 1 is 1.13 bits per heavy atom. The van der Waals surface area contributed by atoms with Crippen molar-refractivity contribution < 1.29 is 9.53 Å². The Hall–Kier alpha value is -2.36. The van der Waals surface area contributed by atoms with Crippen LogP contribution in [-0.2, 0) is 4.79 Å². The van der Waals surface area contributed by atoms with Crippen molar-refractivity contribution in [3.05, 3.63) is 52.8 Å². The number of anilines is 1. The van der Waals surface area contributed by atoms with Crippen LogP contribution in [0.15, 0.2) is 30.3 Å². The summed E-state index contributed by atoms with van der Waals surface area (Å²) in [5.41, 5.74) is 4.78. The van der Waals surface area contributed by atoms with Gasteiger partial charge < -0.3 is 10.1 Å². The first-order valence-electron chi connectivity index (χ1n) is 7.90. The van der Waals surface area contributed by atoms with Crippen LogP contribution in [0.3, 0.4) is 0 Å². The summed E-state index contributed by atoms with van der Waals surface area (Å²) in [5.74, 6) is 0.873. The SMILES string of the molecule is Cc1cc(C)c(NC(=O)CCCOc2ccccc2C)c(C)n1. The number of hydrogen-bond donors (Lipinski definition) is 1. The van der Waals surface area contributed by atoms with Crippen molar-refractivity contribution >= 4 is 11.6 Å². The van der Waals surface area contributed by atoms with Crippen LogP contribution in [0.25, 0.3) is 0 Å². The van der Waals surface area contributed by atoms with Crippen molar-refractivity contribution in [1.29, 1.82) is 0 Å². The second-order valence-electron chi connectivity index (χ2n) is 5.81. The smallest absolute Gasteiger partial charge is 0.224 e. The van der Waals surface area contributed by atoms with E-state index in [4.69, 9.17) is 4.74 Å². The third-order valence-corrected chi connectivity index (χ3v) is 3.69. The highest BCUT2D eigenvalue weighted by Crippen LogP contribution is 2.20. The van der Waals surface area contributed by atoms with Gasteiger partial charge in [0.05, 0.1) is 18.0 Å². The van der Waals surface area contributed by atoms with E-state index in [9.17, 15) is 4.79 Å². The highest BCUT2D eigenvalue weighted by molar-refractivity contribution is 5.92. The molecular formula is C19H24N2O2. The van der Waals surface area contributed by atoms with Gasteiger partial charge in [0.25, 0.3) is 0 Å². The van der Waals surface area contributed by atoms with E-state index in [2.05, 4.69) is 10.3 Å². The lowest BCUT2D eigenvalue weighted by Crippen LogP contribution is -2.15. The van der Waals surface area contributed by atoms with Crippen LogP contribution >= 0.6 is 0 Å². The quantitative estimate of drug-likeness (QED) is 0.817. The molecule has 1 amide bonds. The zero-order chi connectivity index (χ0) is 16.8. The van der Waals surface area contributed by atoms with Gasteiger partial charge in [0.1, 0.15) is 5.75 Å². The molecule has 0 unspecified atom stereocenters. The molecule has 0 saturated heterocycles. The Labute approximate surface area is 137 Å². The number of aryl methyl sites for hydroxylation is 4. The van der Waals surface area contributed by atoms with Crippen LogP contribution in [0.1, 0.15) is 35.4 Å². The third kappa shape index (κ3) is 4.81. The first-order valence-corrected chi connectivity index (χ1v) is 7.90. The maximum absolute atomic E-state index is 12.1. The number of rotatable bonds is 6. The third-order valence-electron chi connectivity index (χ3n) is 3.69. The molecule has 0 atom stereocenters. The number of carbonyl (C=O) groups is 1. The second kappa shape index (κ2) is 7.77. The van der Waals surface area contributed by atoms with Gasteiger partial charge in [-0.3, -0.25) is 9.78 Å². The molecule has 0 spiro atoms. The number of aromatic nitrogens is 1. The lowest BCUT2D eigenvalue weighted by molar-refractivity contribution is -0.116. The molecule has 2 rings (SSSR count). The van der Waals surface area contributed by atoms with Gasteiger partial charge in [0.15, 0.2) is 0 Å². The topological polar surface area (TPSA) is 51.2 Å². The molecule has 1 N–H and O–H groups in total. The predicted octanol–water partition coefficient (Wildman–Crippen LogP) is 4.11. The molecule has 122 valence electrons. The fourth-order valence-electron chi connectivity index (χ4n) is 2.55. The molecule has 0 fully saturated rings. The molecule has 0 bridgehead atoms. The monoisotopic (exact) mass is 312 g/mol. The summed E-state index contributed by atoms with van der Waals surface area (Å²) in [6.45, 7) is 8.39. The van der Waals surface area contributed by atoms with E-state index in [1.165, 1.54) is 0 Å². The van der Waals surface area contributed by atoms with E-state index in [-0.39, 0.29) is 5.91 Å². The summed E-state index contributed by atoms with van der Waals surface area (Å²) in [6.07, 6.45) is 1.11. The fourth-order valence-corrected chi connectivity index (χ4v) is 2.55. The number of benzene rings is 1. The molecule has 1 aromatic carbocycles. The number of nitrogens with one attached hydrogen (secondary N) is 1. The molecule has 0 aliphatic heterocycles. The molecule has 1 aromatic heterocycles. The largest absolute Gasteiger partial charge is 0.493 e. The van der Waals surface area contributed by atoms with E-state index in [0.717, 1.165) is 34.0 Å². The molecule has 2 aromatic rings. The molecule has 1 heterocycles. The predicted molar refractivity (Wildman–Crippen MR) is 93.0 cm³/mol. The first-order chi connectivity index (χ1) is 11.0. The molecule has 0 aliphatic rings. The Morgan fingerprint density at radius 3 is 2.57 bits per heavy atom. The van der Waals surface area contributed by atoms with Crippen LogP contribution in [0.2, 0.25) is 0 Å². The minimum absolute atomic E-state index is 0.00441. The number of ether oxygens (including phenoxy) is 1. The van der Waals surface area contributed by atoms with Gasteiger partial charge in [-0.2, -0.15) is 0 Å². The van der Waals surface area contributed by atoms with E-state index in [1.54, 1.807) is 0 Å². The number of carbonyl (C=O) groups excluding carboxylic acids is 1. The lowest BCUT2D eigenvalue weighted by Gasteiger charge is -2.12. The zero-order valence-electron chi connectivity index (χ0n) is 14.3. The zero-order valence-corrected chi connectivity index (χ0v) is 14.3. The first kappa shape index (κ1) is 17.0. The van der Waals surface area contributed by atoms with E-state index in [0.29, 0.717) is 19.4 Å². The average Bonchev–Trinajstić information content (AvgIpc) is 2.49. The molecular weight excluding hydrogens is 288 g/mol. The van der Waals surface area contributed by atoms with Crippen LogP contribution < -0.4 is 10.1 Å². The standard InChI is InChI=1S/C19H24N2O2/c1-13-8-5-6-9-17(13)23-11-7-10-18(22)21-19-14(2)12-15(3)20-16(19)4/h5-6,8-9,12H,7,10-11H2,1-4H3,(H,21,22). The molecule has 4 nitrogen and oxygen atoms in total. The molecule has 0 aliphatic carbocycles. The number of amides is 1. The maximum Gasteiger partial charge on any atom is 0.224 e. The van der Waals surface area contributed by atoms with Gasteiger partial charge in [-0.1, -0.05) is 18.2 Å². The van der Waals surface area contributed by atoms with Crippen molar-refractivity contribution in [2.24, 2.45) is 0 Å². The summed E-state index contributed by atoms with van der Waals surface area (Å²) < 4.78 is 5.71. The Bertz CT molecular complexity index is 673. The summed E-state index contributed by atoms with van der Waals surface area (Å²) in [7, 11) is 0. The highest BCUT2D eigenvalue weighted by atomic mass is 16.5. The molecule has 23 heavy (non-hydrogen) atoms. The van der Waals surface area contributed by atoms with Gasteiger partial charge in [0, 0.05) is 12.1 Å². The summed E-state index contributed by atoms with van der Waals surface area (Å²) in [5, 5.41) is 2.96. The highest BCUT2D eigenvalue weighted by Gasteiger charge is 2.09. The van der Waals surface area contributed by atoms with Gasteiger partial charge in [0.2, 0.25) is 5.91 Å². The van der Waals surface area contributed by atoms with Gasteiger partial charge >= 0.3 is 0 Å². The Balaban J connectivity index is 1.81. The minimum atomic E-state index is -0.00441. The number of nitrogens with zero attached hydrogens (tertiary/aromatic N) is 1. The van der Waals surface area contributed by atoms with Crippen LogP contribution in [0.5, 0.6) is 5.75 Å². The molecule has 4 heteroatoms. The number of para-hydroxylation sites is 1. The van der Waals surface area contributed by atoms with Crippen molar-refractivity contribution in [2.45, 2.75) is 40.5 Å². The second-order valence-corrected chi connectivity index (χ2v) is 5.81. The van der Waals surface area contributed by atoms with Crippen molar-refractivity contribution in [1.82, 2.24) is 4.98 Å². The van der Waals surface area contributed by atoms with Crippen molar-refractivity contribution in [3.8, 4) is 5.75 Å².